The van der Waals surface area contributed by atoms with Crippen LogP contribution in [-0.4, -0.2) is 27.4 Å². The van der Waals surface area contributed by atoms with Crippen LogP contribution in [0.2, 0.25) is 5.02 Å². The largest absolute Gasteiger partial charge is 0.354 e. The quantitative estimate of drug-likeness (QED) is 0.531. The number of aryl methyl sites for hydroxylation is 1. The predicted octanol–water partition coefficient (Wildman–Crippen LogP) is 4.76. The average Bonchev–Trinajstić information content (AvgIpc) is 2.77. The van der Waals surface area contributed by atoms with Crippen molar-refractivity contribution >= 4 is 33.2 Å². The highest BCUT2D eigenvalue weighted by atomic mass is 35.5. The molecule has 0 aliphatic rings. The Hall–Kier alpha value is -2.83. The van der Waals surface area contributed by atoms with E-state index in [-0.39, 0.29) is 23.3 Å². The molecule has 5 nitrogen and oxygen atoms in total. The number of sulfonamides is 1. The molecule has 0 aliphatic carbocycles. The molecular weight excluding hydrogens is 432 g/mol. The van der Waals surface area contributed by atoms with Gasteiger partial charge in [-0.2, -0.15) is 0 Å². The Labute approximate surface area is 188 Å². The van der Waals surface area contributed by atoms with Gasteiger partial charge in [-0.1, -0.05) is 67.1 Å². The summed E-state index contributed by atoms with van der Waals surface area (Å²) in [6, 6.07) is 22.8. The van der Waals surface area contributed by atoms with Crippen molar-refractivity contribution in [2.75, 3.05) is 17.4 Å². The summed E-state index contributed by atoms with van der Waals surface area (Å²) in [5, 5.41) is 3.36. The second-order valence-electron chi connectivity index (χ2n) is 7.37. The molecule has 0 heterocycles. The molecule has 1 unspecified atom stereocenters. The van der Waals surface area contributed by atoms with Gasteiger partial charge in [-0.05, 0) is 54.3 Å². The van der Waals surface area contributed by atoms with Crippen molar-refractivity contribution in [2.24, 2.45) is 0 Å². The number of halogens is 1. The second-order valence-corrected chi connectivity index (χ2v) is 9.67. The van der Waals surface area contributed by atoms with Crippen molar-refractivity contribution in [1.82, 2.24) is 5.32 Å². The Morgan fingerprint density at radius 1 is 1.00 bits per heavy atom. The maximum Gasteiger partial charge on any atom is 0.264 e. The van der Waals surface area contributed by atoms with Crippen LogP contribution in [-0.2, 0) is 14.8 Å². The highest BCUT2D eigenvalue weighted by molar-refractivity contribution is 7.92. The van der Waals surface area contributed by atoms with E-state index in [4.69, 9.17) is 11.6 Å². The van der Waals surface area contributed by atoms with Gasteiger partial charge >= 0.3 is 0 Å². The summed E-state index contributed by atoms with van der Waals surface area (Å²) >= 11 is 6.05. The van der Waals surface area contributed by atoms with E-state index in [9.17, 15) is 13.2 Å². The zero-order valence-electron chi connectivity index (χ0n) is 17.5. The third-order valence-electron chi connectivity index (χ3n) is 5.02. The van der Waals surface area contributed by atoms with E-state index in [0.29, 0.717) is 22.8 Å². The van der Waals surface area contributed by atoms with E-state index in [2.05, 4.69) is 5.32 Å². The molecule has 0 saturated heterocycles. The highest BCUT2D eigenvalue weighted by Gasteiger charge is 2.28. The molecular formula is C24H25ClN2O3S. The molecule has 1 amide bonds. The monoisotopic (exact) mass is 456 g/mol. The zero-order chi connectivity index (χ0) is 22.4. The van der Waals surface area contributed by atoms with Crippen LogP contribution >= 0.6 is 11.6 Å². The molecule has 0 bridgehead atoms. The molecule has 3 rings (SSSR count). The van der Waals surface area contributed by atoms with Gasteiger partial charge in [0.15, 0.2) is 0 Å². The smallest absolute Gasteiger partial charge is 0.264 e. The highest BCUT2D eigenvalue weighted by Crippen LogP contribution is 2.28. The molecule has 31 heavy (non-hydrogen) atoms. The van der Waals surface area contributed by atoms with Gasteiger partial charge < -0.3 is 5.32 Å². The molecule has 162 valence electrons. The van der Waals surface area contributed by atoms with Gasteiger partial charge in [0.2, 0.25) is 5.91 Å². The van der Waals surface area contributed by atoms with E-state index in [1.165, 1.54) is 12.1 Å². The van der Waals surface area contributed by atoms with Crippen molar-refractivity contribution in [3.05, 3.63) is 95.0 Å². The number of carbonyl (C=O) groups is 1. The van der Waals surface area contributed by atoms with Crippen LogP contribution in [0.4, 0.5) is 5.69 Å². The lowest BCUT2D eigenvalue weighted by Crippen LogP contribution is -2.42. The average molecular weight is 457 g/mol. The van der Waals surface area contributed by atoms with Crippen molar-refractivity contribution < 1.29 is 13.2 Å². The number of carbonyl (C=O) groups excluding carboxylic acids is 1. The van der Waals surface area contributed by atoms with E-state index in [0.717, 1.165) is 9.87 Å². The molecule has 0 fully saturated rings. The summed E-state index contributed by atoms with van der Waals surface area (Å²) in [4.78, 5) is 12.9. The molecule has 3 aromatic rings. The van der Waals surface area contributed by atoms with Crippen LogP contribution in [0.25, 0.3) is 0 Å². The first-order valence-electron chi connectivity index (χ1n) is 9.94. The van der Waals surface area contributed by atoms with Crippen molar-refractivity contribution in [2.45, 2.75) is 24.7 Å². The van der Waals surface area contributed by atoms with Gasteiger partial charge in [0.25, 0.3) is 10.0 Å². The number of amides is 1. The van der Waals surface area contributed by atoms with Crippen LogP contribution in [0.5, 0.6) is 0 Å². The van der Waals surface area contributed by atoms with E-state index < -0.39 is 10.0 Å². The van der Waals surface area contributed by atoms with Gasteiger partial charge in [0.1, 0.15) is 6.54 Å². The van der Waals surface area contributed by atoms with Gasteiger partial charge in [0, 0.05) is 11.6 Å². The maximum absolute atomic E-state index is 13.4. The Morgan fingerprint density at radius 2 is 1.61 bits per heavy atom. The van der Waals surface area contributed by atoms with Gasteiger partial charge in [-0.3, -0.25) is 9.10 Å². The summed E-state index contributed by atoms with van der Waals surface area (Å²) in [6.45, 7) is 3.85. The van der Waals surface area contributed by atoms with E-state index in [1.807, 2.05) is 37.3 Å². The normalized spacial score (nSPS) is 12.2. The molecule has 1 N–H and O–H groups in total. The minimum Gasteiger partial charge on any atom is -0.354 e. The SMILES string of the molecule is Cc1cc(Cl)ccc1N(CC(=O)NCC(C)c1ccccc1)S(=O)(=O)c1ccccc1. The van der Waals surface area contributed by atoms with Crippen molar-refractivity contribution in [3.63, 3.8) is 0 Å². The number of anilines is 1. The minimum atomic E-state index is -3.95. The lowest BCUT2D eigenvalue weighted by Gasteiger charge is -2.26. The topological polar surface area (TPSA) is 66.5 Å². The van der Waals surface area contributed by atoms with E-state index in [1.54, 1.807) is 43.3 Å². The fourth-order valence-electron chi connectivity index (χ4n) is 3.27. The maximum atomic E-state index is 13.4. The van der Waals surface area contributed by atoms with Crippen LogP contribution in [0.15, 0.2) is 83.8 Å². The first-order valence-corrected chi connectivity index (χ1v) is 11.8. The first-order chi connectivity index (χ1) is 14.8. The third kappa shape index (κ3) is 5.66. The standard InChI is InChI=1S/C24H25ClN2O3S/c1-18-15-21(25)13-14-23(18)27(31(29,30)22-11-7-4-8-12-22)17-24(28)26-16-19(2)20-9-5-3-6-10-20/h3-15,19H,16-17H2,1-2H3,(H,26,28). The summed E-state index contributed by atoms with van der Waals surface area (Å²) in [5.74, 6) is -0.279. The van der Waals surface area contributed by atoms with Crippen LogP contribution in [0, 0.1) is 6.92 Å². The minimum absolute atomic E-state index is 0.0987. The van der Waals surface area contributed by atoms with Crippen molar-refractivity contribution in [1.29, 1.82) is 0 Å². The first kappa shape index (κ1) is 22.8. The van der Waals surface area contributed by atoms with Gasteiger partial charge in [0.05, 0.1) is 10.6 Å². The summed E-state index contributed by atoms with van der Waals surface area (Å²) in [7, 11) is -3.95. The number of hydrogen-bond donors (Lipinski definition) is 1. The Kier molecular flexibility index (Phi) is 7.36. The molecule has 0 aliphatic heterocycles. The number of nitrogens with one attached hydrogen (secondary N) is 1. The molecule has 0 aromatic heterocycles. The van der Waals surface area contributed by atoms with Crippen LogP contribution in [0.1, 0.15) is 24.0 Å². The predicted molar refractivity (Wildman–Crippen MR) is 125 cm³/mol. The van der Waals surface area contributed by atoms with Gasteiger partial charge in [-0.25, -0.2) is 8.42 Å². The number of benzene rings is 3. The van der Waals surface area contributed by atoms with Crippen LogP contribution < -0.4 is 9.62 Å². The molecule has 0 radical (unpaired) electrons. The third-order valence-corrected chi connectivity index (χ3v) is 7.03. The summed E-state index contributed by atoms with van der Waals surface area (Å²) < 4.78 is 27.9. The lowest BCUT2D eigenvalue weighted by atomic mass is 10.0. The zero-order valence-corrected chi connectivity index (χ0v) is 19.0. The lowest BCUT2D eigenvalue weighted by molar-refractivity contribution is -0.119. The van der Waals surface area contributed by atoms with Gasteiger partial charge in [-0.15, -0.1) is 0 Å². The Morgan fingerprint density at radius 3 is 2.23 bits per heavy atom. The molecule has 1 atom stereocenters. The number of hydrogen-bond acceptors (Lipinski definition) is 3. The Bertz CT molecular complexity index is 1140. The molecule has 0 spiro atoms. The molecule has 0 saturated carbocycles. The number of nitrogens with zero attached hydrogens (tertiary/aromatic N) is 1. The summed E-state index contributed by atoms with van der Waals surface area (Å²) in [5.41, 5.74) is 2.18. The van der Waals surface area contributed by atoms with Crippen molar-refractivity contribution in [3.8, 4) is 0 Å². The number of rotatable bonds is 8. The Balaban J connectivity index is 1.84. The van der Waals surface area contributed by atoms with Crippen LogP contribution in [0.3, 0.4) is 0 Å². The fraction of sp³-hybridized carbons (Fsp3) is 0.208. The summed E-state index contributed by atoms with van der Waals surface area (Å²) in [6.07, 6.45) is 0. The molecule has 7 heteroatoms. The van der Waals surface area contributed by atoms with E-state index >= 15 is 0 Å². The molecule has 3 aromatic carbocycles. The second kappa shape index (κ2) is 9.98. The fourth-order valence-corrected chi connectivity index (χ4v) is 5.00.